The number of rotatable bonds is 4. The van der Waals surface area contributed by atoms with Crippen molar-refractivity contribution in [1.82, 2.24) is 10.2 Å². The lowest BCUT2D eigenvalue weighted by atomic mass is 10.0. The topological polar surface area (TPSA) is 27.7 Å². The molecular weight excluding hydrogens is 378 g/mol. The maximum absolute atomic E-state index is 5.50. The van der Waals surface area contributed by atoms with Gasteiger partial charge in [-0.1, -0.05) is 22.0 Å². The van der Waals surface area contributed by atoms with Gasteiger partial charge >= 0.3 is 0 Å². The summed E-state index contributed by atoms with van der Waals surface area (Å²) in [5, 5.41) is 3.43. The molecule has 6 heteroatoms. The SMILES string of the molecule is CNC1CCCN(Cc2ccc(Br)cc2N2CCOCC2)C1.Cl. The molecule has 2 saturated heterocycles. The van der Waals surface area contributed by atoms with Crippen molar-refractivity contribution in [2.75, 3.05) is 51.3 Å². The van der Waals surface area contributed by atoms with Crippen LogP contribution in [0.15, 0.2) is 22.7 Å². The fourth-order valence-corrected chi connectivity index (χ4v) is 3.79. The van der Waals surface area contributed by atoms with Crippen molar-refractivity contribution in [1.29, 1.82) is 0 Å². The summed E-state index contributed by atoms with van der Waals surface area (Å²) in [6.07, 6.45) is 2.58. The van der Waals surface area contributed by atoms with Crippen molar-refractivity contribution in [3.05, 3.63) is 28.2 Å². The van der Waals surface area contributed by atoms with E-state index in [1.54, 1.807) is 0 Å². The highest BCUT2D eigenvalue weighted by atomic mass is 79.9. The molecule has 2 heterocycles. The van der Waals surface area contributed by atoms with Gasteiger partial charge in [0, 0.05) is 42.4 Å². The van der Waals surface area contributed by atoms with E-state index in [9.17, 15) is 0 Å². The third-order valence-corrected chi connectivity index (χ3v) is 5.20. The minimum atomic E-state index is 0. The van der Waals surface area contributed by atoms with E-state index in [4.69, 9.17) is 4.74 Å². The van der Waals surface area contributed by atoms with Crippen LogP contribution >= 0.6 is 28.3 Å². The Labute approximate surface area is 154 Å². The summed E-state index contributed by atoms with van der Waals surface area (Å²) in [7, 11) is 2.08. The zero-order valence-corrected chi connectivity index (χ0v) is 16.2. The Morgan fingerprint density at radius 2 is 2.04 bits per heavy atom. The number of benzene rings is 1. The number of ether oxygens (including phenoxy) is 1. The highest BCUT2D eigenvalue weighted by Gasteiger charge is 2.21. The molecule has 2 aliphatic rings. The van der Waals surface area contributed by atoms with Gasteiger partial charge in [0.15, 0.2) is 0 Å². The molecule has 4 nitrogen and oxygen atoms in total. The van der Waals surface area contributed by atoms with E-state index in [1.165, 1.54) is 30.6 Å². The summed E-state index contributed by atoms with van der Waals surface area (Å²) in [6.45, 7) is 7.03. The van der Waals surface area contributed by atoms with Crippen LogP contribution in [-0.2, 0) is 11.3 Å². The largest absolute Gasteiger partial charge is 0.378 e. The number of hydrogen-bond donors (Lipinski definition) is 1. The molecule has 0 aromatic heterocycles. The molecule has 1 aromatic rings. The second kappa shape index (κ2) is 9.23. The van der Waals surface area contributed by atoms with Gasteiger partial charge in [0.05, 0.1) is 13.2 Å². The average molecular weight is 405 g/mol. The number of likely N-dealkylation sites (N-methyl/N-ethyl adjacent to an activating group) is 1. The van der Waals surface area contributed by atoms with Gasteiger partial charge in [0.2, 0.25) is 0 Å². The first-order chi connectivity index (χ1) is 10.8. The van der Waals surface area contributed by atoms with Gasteiger partial charge in [-0.3, -0.25) is 4.90 Å². The van der Waals surface area contributed by atoms with Crippen LogP contribution < -0.4 is 10.2 Å². The summed E-state index contributed by atoms with van der Waals surface area (Å²) in [4.78, 5) is 5.04. The number of hydrogen-bond acceptors (Lipinski definition) is 4. The first kappa shape index (κ1) is 19.0. The molecule has 0 bridgehead atoms. The lowest BCUT2D eigenvalue weighted by Crippen LogP contribution is -2.44. The highest BCUT2D eigenvalue weighted by Crippen LogP contribution is 2.28. The second-order valence-corrected chi connectivity index (χ2v) is 7.15. The fourth-order valence-electron chi connectivity index (χ4n) is 3.45. The molecule has 1 N–H and O–H groups in total. The van der Waals surface area contributed by atoms with Crippen LogP contribution in [0, 0.1) is 0 Å². The molecule has 1 atom stereocenters. The second-order valence-electron chi connectivity index (χ2n) is 6.24. The number of anilines is 1. The molecule has 1 aromatic carbocycles. The lowest BCUT2D eigenvalue weighted by molar-refractivity contribution is 0.122. The first-order valence-electron chi connectivity index (χ1n) is 8.27. The Morgan fingerprint density at radius 3 is 2.78 bits per heavy atom. The zero-order chi connectivity index (χ0) is 15.4. The van der Waals surface area contributed by atoms with Crippen LogP contribution in [0.5, 0.6) is 0 Å². The summed E-state index contributed by atoms with van der Waals surface area (Å²) in [5.74, 6) is 0. The van der Waals surface area contributed by atoms with Gasteiger partial charge in [0.25, 0.3) is 0 Å². The third-order valence-electron chi connectivity index (χ3n) is 4.71. The van der Waals surface area contributed by atoms with Crippen molar-refractivity contribution >= 4 is 34.0 Å². The van der Waals surface area contributed by atoms with Gasteiger partial charge < -0.3 is 15.0 Å². The summed E-state index contributed by atoms with van der Waals surface area (Å²) in [5.41, 5.74) is 2.80. The fraction of sp³-hybridized carbons (Fsp3) is 0.647. The Morgan fingerprint density at radius 1 is 1.26 bits per heavy atom. The number of nitrogens with zero attached hydrogens (tertiary/aromatic N) is 2. The van der Waals surface area contributed by atoms with Crippen LogP contribution in [0.3, 0.4) is 0 Å². The monoisotopic (exact) mass is 403 g/mol. The van der Waals surface area contributed by atoms with Crippen LogP contribution in [0.2, 0.25) is 0 Å². The van der Waals surface area contributed by atoms with Crippen molar-refractivity contribution < 1.29 is 4.74 Å². The predicted molar refractivity (Wildman–Crippen MR) is 102 cm³/mol. The summed E-state index contributed by atoms with van der Waals surface area (Å²) >= 11 is 3.63. The van der Waals surface area contributed by atoms with Crippen molar-refractivity contribution in [3.63, 3.8) is 0 Å². The van der Waals surface area contributed by atoms with Gasteiger partial charge in [-0.2, -0.15) is 0 Å². The number of morpholine rings is 1. The molecule has 130 valence electrons. The maximum Gasteiger partial charge on any atom is 0.0642 e. The molecule has 0 radical (unpaired) electrons. The van der Waals surface area contributed by atoms with Gasteiger partial charge in [-0.05, 0) is 44.1 Å². The molecule has 0 amide bonds. The first-order valence-corrected chi connectivity index (χ1v) is 9.06. The van der Waals surface area contributed by atoms with Crippen molar-refractivity contribution in [2.24, 2.45) is 0 Å². The smallest absolute Gasteiger partial charge is 0.0642 e. The Balaban J connectivity index is 0.00000192. The van der Waals surface area contributed by atoms with E-state index >= 15 is 0 Å². The minimum absolute atomic E-state index is 0. The van der Waals surface area contributed by atoms with Crippen LogP contribution in [0.4, 0.5) is 5.69 Å². The zero-order valence-electron chi connectivity index (χ0n) is 13.8. The Bertz CT molecular complexity index is 497. The number of piperidine rings is 1. The van der Waals surface area contributed by atoms with Crippen molar-refractivity contribution in [2.45, 2.75) is 25.4 Å². The van der Waals surface area contributed by atoms with E-state index in [-0.39, 0.29) is 12.4 Å². The minimum Gasteiger partial charge on any atom is -0.378 e. The number of nitrogens with one attached hydrogen (secondary N) is 1. The van der Waals surface area contributed by atoms with E-state index in [2.05, 4.69) is 56.3 Å². The Kier molecular flexibility index (Phi) is 7.63. The lowest BCUT2D eigenvalue weighted by Gasteiger charge is -2.35. The third kappa shape index (κ3) is 5.07. The molecule has 0 aliphatic carbocycles. The van der Waals surface area contributed by atoms with Crippen molar-refractivity contribution in [3.8, 4) is 0 Å². The van der Waals surface area contributed by atoms with E-state index in [1.807, 2.05) is 0 Å². The van der Waals surface area contributed by atoms with Crippen LogP contribution in [0.25, 0.3) is 0 Å². The van der Waals surface area contributed by atoms with Crippen LogP contribution in [0.1, 0.15) is 18.4 Å². The predicted octanol–water partition coefficient (Wildman–Crippen LogP) is 2.89. The van der Waals surface area contributed by atoms with Gasteiger partial charge in [0.1, 0.15) is 0 Å². The van der Waals surface area contributed by atoms with Gasteiger partial charge in [-0.25, -0.2) is 0 Å². The maximum atomic E-state index is 5.50. The molecule has 0 saturated carbocycles. The summed E-state index contributed by atoms with van der Waals surface area (Å²) < 4.78 is 6.65. The number of halogens is 2. The van der Waals surface area contributed by atoms with E-state index < -0.39 is 0 Å². The molecule has 2 fully saturated rings. The highest BCUT2D eigenvalue weighted by molar-refractivity contribution is 9.10. The summed E-state index contributed by atoms with van der Waals surface area (Å²) in [6, 6.07) is 7.34. The van der Waals surface area contributed by atoms with E-state index in [0.717, 1.165) is 43.9 Å². The quantitative estimate of drug-likeness (QED) is 0.835. The van der Waals surface area contributed by atoms with Gasteiger partial charge in [-0.15, -0.1) is 12.4 Å². The molecular formula is C17H27BrClN3O. The average Bonchev–Trinajstić information content (AvgIpc) is 2.57. The molecule has 3 rings (SSSR count). The Hall–Kier alpha value is -0.330. The molecule has 0 spiro atoms. The van der Waals surface area contributed by atoms with Crippen LogP contribution in [-0.4, -0.2) is 57.4 Å². The van der Waals surface area contributed by atoms with E-state index in [0.29, 0.717) is 6.04 Å². The molecule has 23 heavy (non-hydrogen) atoms. The standard InChI is InChI=1S/C17H26BrN3O.ClH/c1-19-16-3-2-6-20(13-16)12-14-4-5-15(18)11-17(14)21-7-9-22-10-8-21;/h4-5,11,16,19H,2-3,6-10,12-13H2,1H3;1H. The number of likely N-dealkylation sites (tertiary alicyclic amines) is 1. The molecule has 1 unspecified atom stereocenters. The normalized spacial score (nSPS) is 22.7. The molecule has 2 aliphatic heterocycles.